The Hall–Kier alpha value is -9.02. The average molecular weight is 1010 g/mol. The van der Waals surface area contributed by atoms with Gasteiger partial charge in [0.25, 0.3) is 0 Å². The third-order valence-electron chi connectivity index (χ3n) is 14.1. The van der Waals surface area contributed by atoms with E-state index < -0.39 is 0 Å². The predicted molar refractivity (Wildman–Crippen MR) is 316 cm³/mol. The molecule has 386 valence electrons. The van der Waals surface area contributed by atoms with Gasteiger partial charge in [-0.2, -0.15) is 0 Å². The maximum Gasteiger partial charge on any atom is 0.119 e. The van der Waals surface area contributed by atoms with E-state index in [1.807, 2.05) is 67.7 Å². The van der Waals surface area contributed by atoms with E-state index in [1.54, 1.807) is 35.5 Å². The summed E-state index contributed by atoms with van der Waals surface area (Å²) in [5.41, 5.74) is 20.1. The molecule has 0 spiro atoms. The molecule has 0 heterocycles. The van der Waals surface area contributed by atoms with E-state index in [-0.39, 0.29) is 0 Å². The molecule has 0 fully saturated rings. The molecule has 0 aromatic heterocycles. The van der Waals surface area contributed by atoms with Crippen LogP contribution >= 0.6 is 0 Å². The molecule has 0 aliphatic rings. The van der Waals surface area contributed by atoms with Crippen molar-refractivity contribution in [2.75, 3.05) is 67.5 Å². The van der Waals surface area contributed by atoms with Crippen molar-refractivity contribution in [2.24, 2.45) is 0 Å². The number of rotatable bonds is 18. The molecule has 10 heteroatoms. The molecule has 9 aromatic rings. The summed E-state index contributed by atoms with van der Waals surface area (Å²) >= 11 is 0. The van der Waals surface area contributed by atoms with Gasteiger partial charge in [0, 0.05) is 81.0 Å². The monoisotopic (exact) mass is 1010 g/mol. The third kappa shape index (κ3) is 10.5. The summed E-state index contributed by atoms with van der Waals surface area (Å²) < 4.78 is 28.0. The molecule has 0 amide bonds. The molecule has 1 N–H and O–H groups in total. The number of nitrogens with one attached hydrogen (secondary N) is 1. The first-order chi connectivity index (χ1) is 36.9. The van der Waals surface area contributed by atoms with Crippen LogP contribution < -0.4 is 48.6 Å². The number of anilines is 13. The first-order valence-electron chi connectivity index (χ1n) is 25.4. The van der Waals surface area contributed by atoms with Crippen LogP contribution in [-0.2, 0) is 0 Å². The zero-order valence-corrected chi connectivity index (χ0v) is 45.7. The van der Waals surface area contributed by atoms with Crippen molar-refractivity contribution >= 4 is 73.9 Å². The lowest BCUT2D eigenvalue weighted by molar-refractivity contribution is 0.414. The van der Waals surface area contributed by atoms with Crippen molar-refractivity contribution in [3.05, 3.63) is 215 Å². The Kier molecular flexibility index (Phi) is 15.4. The van der Waals surface area contributed by atoms with Crippen LogP contribution in [0.2, 0.25) is 0 Å². The number of ether oxygens (including phenoxy) is 5. The average Bonchev–Trinajstić information content (AvgIpc) is 3.45. The van der Waals surface area contributed by atoms with Gasteiger partial charge in [-0.3, -0.25) is 0 Å². The van der Waals surface area contributed by atoms with Gasteiger partial charge in [0.15, 0.2) is 0 Å². The number of methoxy groups -OCH3 is 5. The molecular weight excluding hydrogens is 943 g/mol. The zero-order valence-electron chi connectivity index (χ0n) is 45.7. The maximum absolute atomic E-state index is 5.60. The molecule has 0 atom stereocenters. The van der Waals surface area contributed by atoms with Crippen LogP contribution in [0, 0.1) is 41.5 Å². The standard InChI is InChI=1S/C66H67N5O5/c1-43-40-64(46(4)37-61(43)68(50-15-13-49(67-7)14-16-50)51-17-27-56(72-8)28-18-51)71(65-41-44(2)62(38-47(65)5)69(52-19-29-57(73-9)30-20-52)53-21-31-58(74-10)32-22-53)66-42-45(3)63(39-48(66)6)70(54-23-33-59(75-11)34-24-54)55-25-35-60(76-12)36-26-55/h13-42,67H,1-12H3. The highest BCUT2D eigenvalue weighted by Gasteiger charge is 2.27. The first-order valence-corrected chi connectivity index (χ1v) is 25.4. The molecule has 0 radical (unpaired) electrons. The van der Waals surface area contributed by atoms with Crippen LogP contribution in [0.3, 0.4) is 0 Å². The Balaban J connectivity index is 1.25. The molecule has 0 aliphatic carbocycles. The second kappa shape index (κ2) is 22.6. The minimum absolute atomic E-state index is 0.792. The number of hydrogen-bond acceptors (Lipinski definition) is 10. The zero-order chi connectivity index (χ0) is 53.6. The van der Waals surface area contributed by atoms with Crippen LogP contribution in [0.4, 0.5) is 73.9 Å². The summed E-state index contributed by atoms with van der Waals surface area (Å²) in [5, 5.41) is 3.28. The molecule has 76 heavy (non-hydrogen) atoms. The van der Waals surface area contributed by atoms with Crippen LogP contribution in [0.15, 0.2) is 182 Å². The number of nitrogens with zero attached hydrogens (tertiary/aromatic N) is 4. The number of benzene rings is 9. The Morgan fingerprint density at radius 3 is 0.592 bits per heavy atom. The van der Waals surface area contributed by atoms with Gasteiger partial charge in [0.1, 0.15) is 28.7 Å². The Morgan fingerprint density at radius 1 is 0.250 bits per heavy atom. The Morgan fingerprint density at radius 2 is 0.421 bits per heavy atom. The van der Waals surface area contributed by atoms with E-state index >= 15 is 0 Å². The van der Waals surface area contributed by atoms with Crippen LogP contribution in [0.25, 0.3) is 0 Å². The lowest BCUT2D eigenvalue weighted by Gasteiger charge is -2.35. The van der Waals surface area contributed by atoms with E-state index in [9.17, 15) is 0 Å². The van der Waals surface area contributed by atoms with Gasteiger partial charge in [-0.05, 0) is 257 Å². The molecule has 0 saturated heterocycles. The fraction of sp³-hybridized carbons (Fsp3) is 0.182. The fourth-order valence-electron chi connectivity index (χ4n) is 9.91. The van der Waals surface area contributed by atoms with Crippen molar-refractivity contribution in [2.45, 2.75) is 41.5 Å². The highest BCUT2D eigenvalue weighted by molar-refractivity contribution is 5.91. The lowest BCUT2D eigenvalue weighted by Crippen LogP contribution is -2.18. The lowest BCUT2D eigenvalue weighted by atomic mass is 9.98. The van der Waals surface area contributed by atoms with Gasteiger partial charge < -0.3 is 48.6 Å². The maximum atomic E-state index is 5.60. The fourth-order valence-corrected chi connectivity index (χ4v) is 9.91. The number of aryl methyl sites for hydroxylation is 6. The van der Waals surface area contributed by atoms with Gasteiger partial charge in [0.05, 0.1) is 35.5 Å². The highest BCUT2D eigenvalue weighted by atomic mass is 16.5. The summed E-state index contributed by atoms with van der Waals surface area (Å²) in [6, 6.07) is 63.6. The van der Waals surface area contributed by atoms with E-state index in [4.69, 9.17) is 23.7 Å². The SMILES string of the molecule is CNc1ccc(N(c2ccc(OC)cc2)c2cc(C)c(N(c3cc(C)c(N(c4ccc(OC)cc4)c4ccc(OC)cc4)cc3C)c3cc(C)c(N(c4ccc(OC)cc4)c4ccc(OC)cc4)cc3C)cc2C)cc1. The summed E-state index contributed by atoms with van der Waals surface area (Å²) in [7, 11) is 10.4. The van der Waals surface area contributed by atoms with E-state index in [1.165, 1.54) is 0 Å². The molecule has 0 unspecified atom stereocenters. The van der Waals surface area contributed by atoms with Crippen molar-refractivity contribution in [3.8, 4) is 28.7 Å². The van der Waals surface area contributed by atoms with E-state index in [0.29, 0.717) is 0 Å². The quantitative estimate of drug-likeness (QED) is 0.0899. The van der Waals surface area contributed by atoms with Crippen LogP contribution in [0.1, 0.15) is 33.4 Å². The molecule has 0 aliphatic heterocycles. The van der Waals surface area contributed by atoms with Gasteiger partial charge in [-0.15, -0.1) is 0 Å². The molecule has 0 bridgehead atoms. The van der Waals surface area contributed by atoms with Crippen molar-refractivity contribution in [1.29, 1.82) is 0 Å². The van der Waals surface area contributed by atoms with Crippen LogP contribution in [0.5, 0.6) is 28.7 Å². The first kappa shape index (κ1) is 51.9. The smallest absolute Gasteiger partial charge is 0.119 e. The molecule has 9 rings (SSSR count). The molecule has 0 saturated carbocycles. The third-order valence-corrected chi connectivity index (χ3v) is 14.1. The minimum atomic E-state index is 0.792. The minimum Gasteiger partial charge on any atom is -0.497 e. The second-order valence-electron chi connectivity index (χ2n) is 18.9. The number of hydrogen-bond donors (Lipinski definition) is 1. The predicted octanol–water partition coefficient (Wildman–Crippen LogP) is 17.5. The summed E-state index contributed by atoms with van der Waals surface area (Å²) in [5.74, 6) is 3.97. The molecular formula is C66H67N5O5. The van der Waals surface area contributed by atoms with Gasteiger partial charge in [-0.1, -0.05) is 0 Å². The summed E-state index contributed by atoms with van der Waals surface area (Å²) in [4.78, 5) is 9.38. The van der Waals surface area contributed by atoms with Crippen molar-refractivity contribution < 1.29 is 23.7 Å². The van der Waals surface area contributed by atoms with Crippen molar-refractivity contribution in [3.63, 3.8) is 0 Å². The topological polar surface area (TPSA) is 71.1 Å². The highest BCUT2D eigenvalue weighted by Crippen LogP contribution is 2.49. The van der Waals surface area contributed by atoms with Crippen LogP contribution in [-0.4, -0.2) is 42.6 Å². The molecule has 9 aromatic carbocycles. The van der Waals surface area contributed by atoms with Crippen molar-refractivity contribution in [1.82, 2.24) is 0 Å². The molecule has 10 nitrogen and oxygen atoms in total. The second-order valence-corrected chi connectivity index (χ2v) is 18.9. The Bertz CT molecular complexity index is 2930. The normalized spacial score (nSPS) is 10.9. The summed E-state index contributed by atoms with van der Waals surface area (Å²) in [6.45, 7) is 13.3. The largest absolute Gasteiger partial charge is 0.497 e. The van der Waals surface area contributed by atoms with Gasteiger partial charge >= 0.3 is 0 Å². The van der Waals surface area contributed by atoms with E-state index in [0.717, 1.165) is 136 Å². The van der Waals surface area contributed by atoms with Gasteiger partial charge in [-0.25, -0.2) is 0 Å². The van der Waals surface area contributed by atoms with E-state index in [2.05, 4.69) is 188 Å². The Labute approximate surface area is 448 Å². The summed E-state index contributed by atoms with van der Waals surface area (Å²) in [6.07, 6.45) is 0. The van der Waals surface area contributed by atoms with Gasteiger partial charge in [0.2, 0.25) is 0 Å².